The van der Waals surface area contributed by atoms with Crippen LogP contribution in [0.5, 0.6) is 11.5 Å². The van der Waals surface area contributed by atoms with Crippen molar-refractivity contribution in [2.75, 3.05) is 12.0 Å². The molecule has 4 rings (SSSR count). The maximum absolute atomic E-state index is 13.5. The summed E-state index contributed by atoms with van der Waals surface area (Å²) in [7, 11) is 1.41. The first-order valence-corrected chi connectivity index (χ1v) is 10.2. The van der Waals surface area contributed by atoms with Crippen LogP contribution in [0, 0.1) is 11.8 Å². The number of carboxylic acids is 1. The number of nitrogens with zero attached hydrogens (tertiary/aromatic N) is 1. The Labute approximate surface area is 179 Å². The van der Waals surface area contributed by atoms with Crippen LogP contribution < -0.4 is 15.0 Å². The van der Waals surface area contributed by atoms with Gasteiger partial charge in [0.2, 0.25) is 11.8 Å². The summed E-state index contributed by atoms with van der Waals surface area (Å²) in [4.78, 5) is 40.6. The van der Waals surface area contributed by atoms with E-state index in [-0.39, 0.29) is 17.9 Å². The number of rotatable bonds is 6. The molecule has 2 saturated heterocycles. The Hall–Kier alpha value is -3.39. The number of hydrogen-bond donors (Lipinski definition) is 3. The summed E-state index contributed by atoms with van der Waals surface area (Å²) in [6, 6.07) is 12.4. The van der Waals surface area contributed by atoms with Gasteiger partial charge in [-0.05, 0) is 24.6 Å². The first-order valence-electron chi connectivity index (χ1n) is 10.2. The number of amides is 2. The topological polar surface area (TPSA) is 116 Å². The number of ether oxygens (including phenoxy) is 1. The van der Waals surface area contributed by atoms with E-state index in [1.165, 1.54) is 7.11 Å². The molecule has 3 N–H and O–H groups in total. The van der Waals surface area contributed by atoms with Crippen molar-refractivity contribution in [3.8, 4) is 11.5 Å². The first-order chi connectivity index (χ1) is 14.9. The predicted molar refractivity (Wildman–Crippen MR) is 112 cm³/mol. The molecule has 0 unspecified atom stereocenters. The Morgan fingerprint density at radius 3 is 2.45 bits per heavy atom. The third kappa shape index (κ3) is 2.97. The zero-order chi connectivity index (χ0) is 22.3. The Morgan fingerprint density at radius 1 is 1.13 bits per heavy atom. The number of nitrogens with one attached hydrogen (secondary N) is 1. The van der Waals surface area contributed by atoms with Crippen LogP contribution in [0.1, 0.15) is 31.4 Å². The van der Waals surface area contributed by atoms with Crippen molar-refractivity contribution in [2.24, 2.45) is 11.8 Å². The molecule has 2 heterocycles. The molecule has 2 aromatic carbocycles. The van der Waals surface area contributed by atoms with Crippen molar-refractivity contribution in [2.45, 2.75) is 31.3 Å². The van der Waals surface area contributed by atoms with E-state index in [4.69, 9.17) is 4.74 Å². The zero-order valence-electron chi connectivity index (χ0n) is 17.2. The van der Waals surface area contributed by atoms with Gasteiger partial charge in [0.1, 0.15) is 5.54 Å². The number of aliphatic carboxylic acids is 1. The Balaban J connectivity index is 1.89. The highest BCUT2D eigenvalue weighted by Gasteiger charge is 2.68. The van der Waals surface area contributed by atoms with Crippen molar-refractivity contribution < 1.29 is 29.3 Å². The van der Waals surface area contributed by atoms with Gasteiger partial charge in [-0.15, -0.1) is 0 Å². The summed E-state index contributed by atoms with van der Waals surface area (Å²) in [6.45, 7) is 1.83. The minimum absolute atomic E-state index is 0.159. The summed E-state index contributed by atoms with van der Waals surface area (Å²) < 4.78 is 5.19. The minimum atomic E-state index is -1.63. The third-order valence-corrected chi connectivity index (χ3v) is 6.28. The molecule has 2 amide bonds. The van der Waals surface area contributed by atoms with Crippen LogP contribution in [0.3, 0.4) is 0 Å². The van der Waals surface area contributed by atoms with E-state index in [1.54, 1.807) is 48.5 Å². The third-order valence-electron chi connectivity index (χ3n) is 6.28. The second-order valence-corrected chi connectivity index (χ2v) is 7.90. The van der Waals surface area contributed by atoms with E-state index in [0.29, 0.717) is 17.7 Å². The number of carbonyl (C=O) groups is 3. The Bertz CT molecular complexity index is 1040. The summed E-state index contributed by atoms with van der Waals surface area (Å²) in [5.41, 5.74) is -0.906. The lowest BCUT2D eigenvalue weighted by Crippen LogP contribution is -2.55. The van der Waals surface area contributed by atoms with Crippen LogP contribution in [-0.4, -0.2) is 40.6 Å². The second-order valence-electron chi connectivity index (χ2n) is 7.90. The normalized spacial score (nSPS) is 27.4. The highest BCUT2D eigenvalue weighted by Crippen LogP contribution is 2.53. The Kier molecular flexibility index (Phi) is 5.18. The van der Waals surface area contributed by atoms with Crippen LogP contribution in [0.25, 0.3) is 0 Å². The number of methoxy groups -OCH3 is 1. The van der Waals surface area contributed by atoms with E-state index in [2.05, 4.69) is 5.32 Å². The van der Waals surface area contributed by atoms with Gasteiger partial charge in [0.05, 0.1) is 24.6 Å². The molecule has 2 aromatic rings. The monoisotopic (exact) mass is 424 g/mol. The molecule has 8 nitrogen and oxygen atoms in total. The highest BCUT2D eigenvalue weighted by atomic mass is 16.5. The first kappa shape index (κ1) is 20.9. The minimum Gasteiger partial charge on any atom is -0.504 e. The molecule has 8 heteroatoms. The average Bonchev–Trinajstić information content (AvgIpc) is 3.24. The van der Waals surface area contributed by atoms with Gasteiger partial charge in [-0.2, -0.15) is 0 Å². The van der Waals surface area contributed by atoms with Crippen molar-refractivity contribution in [1.82, 2.24) is 5.32 Å². The average molecular weight is 424 g/mol. The van der Waals surface area contributed by atoms with E-state index in [1.807, 2.05) is 6.92 Å². The zero-order valence-corrected chi connectivity index (χ0v) is 17.2. The molecule has 4 atom stereocenters. The van der Waals surface area contributed by atoms with Gasteiger partial charge in [0.25, 0.3) is 0 Å². The summed E-state index contributed by atoms with van der Waals surface area (Å²) in [5, 5.41) is 24.0. The van der Waals surface area contributed by atoms with E-state index >= 15 is 0 Å². The van der Waals surface area contributed by atoms with Gasteiger partial charge in [0.15, 0.2) is 11.5 Å². The van der Waals surface area contributed by atoms with Gasteiger partial charge in [-0.1, -0.05) is 43.7 Å². The molecule has 0 aliphatic carbocycles. The molecule has 0 radical (unpaired) electrons. The number of fused-ring (bicyclic) bond motifs is 1. The fraction of sp³-hybridized carbons (Fsp3) is 0.348. The number of anilines is 1. The maximum Gasteiger partial charge on any atom is 0.324 e. The largest absolute Gasteiger partial charge is 0.504 e. The molecule has 2 fully saturated rings. The molecular weight excluding hydrogens is 400 g/mol. The highest BCUT2D eigenvalue weighted by molar-refractivity contribution is 6.24. The number of benzene rings is 2. The molecule has 31 heavy (non-hydrogen) atoms. The SMILES string of the molecule is CCC[C@]1(C(=O)O)N[C@H](c2cccc(OC)c2O)[C@H]2C(=O)N(c3ccccc3)C(=O)[C@@H]21. The quantitative estimate of drug-likeness (QED) is 0.610. The molecule has 2 aliphatic heterocycles. The van der Waals surface area contributed by atoms with Crippen LogP contribution in [-0.2, 0) is 14.4 Å². The maximum atomic E-state index is 13.5. The number of hydrogen-bond acceptors (Lipinski definition) is 6. The predicted octanol–water partition coefficient (Wildman–Crippen LogP) is 2.47. The molecule has 0 aromatic heterocycles. The van der Waals surface area contributed by atoms with Crippen LogP contribution >= 0.6 is 0 Å². The number of phenolic OH excluding ortho intramolecular Hbond substituents is 1. The fourth-order valence-corrected chi connectivity index (χ4v) is 4.98. The number of imide groups is 1. The second kappa shape index (κ2) is 7.70. The van der Waals surface area contributed by atoms with Gasteiger partial charge in [-0.25, -0.2) is 4.90 Å². The van der Waals surface area contributed by atoms with Gasteiger partial charge in [-0.3, -0.25) is 19.7 Å². The summed E-state index contributed by atoms with van der Waals surface area (Å²) >= 11 is 0. The van der Waals surface area contributed by atoms with Crippen LogP contribution in [0.4, 0.5) is 5.69 Å². The standard InChI is InChI=1S/C23H24N2O6/c1-3-12-23(22(29)30)17-16(18(24-23)14-10-7-11-15(31-2)19(14)26)20(27)25(21(17)28)13-8-5-4-6-9-13/h4-11,16-18,24,26H,3,12H2,1-2H3,(H,29,30)/t16-,17+,18+,23-/m0/s1. The smallest absolute Gasteiger partial charge is 0.324 e. The van der Waals surface area contributed by atoms with E-state index < -0.39 is 41.2 Å². The number of carbonyl (C=O) groups excluding carboxylic acids is 2. The molecule has 2 aliphatic rings. The fourth-order valence-electron chi connectivity index (χ4n) is 4.98. The van der Waals surface area contributed by atoms with Crippen molar-refractivity contribution in [3.63, 3.8) is 0 Å². The van der Waals surface area contributed by atoms with Crippen LogP contribution in [0.2, 0.25) is 0 Å². The molecule has 0 spiro atoms. The molecule has 0 bridgehead atoms. The lowest BCUT2D eigenvalue weighted by Gasteiger charge is -2.31. The van der Waals surface area contributed by atoms with Crippen LogP contribution in [0.15, 0.2) is 48.5 Å². The van der Waals surface area contributed by atoms with E-state index in [0.717, 1.165) is 4.90 Å². The number of phenols is 1. The summed E-state index contributed by atoms with van der Waals surface area (Å²) in [6.07, 6.45) is 0.651. The number of aromatic hydroxyl groups is 1. The lowest BCUT2D eigenvalue weighted by molar-refractivity contribution is -0.149. The Morgan fingerprint density at radius 2 is 1.84 bits per heavy atom. The van der Waals surface area contributed by atoms with Crippen molar-refractivity contribution in [3.05, 3.63) is 54.1 Å². The van der Waals surface area contributed by atoms with Gasteiger partial charge in [0, 0.05) is 11.6 Å². The molecular formula is C23H24N2O6. The van der Waals surface area contributed by atoms with Crippen molar-refractivity contribution >= 4 is 23.5 Å². The van der Waals surface area contributed by atoms with E-state index in [9.17, 15) is 24.6 Å². The van der Waals surface area contributed by atoms with Gasteiger partial charge >= 0.3 is 5.97 Å². The number of carboxylic acid groups (broad SMARTS) is 1. The van der Waals surface area contributed by atoms with Gasteiger partial charge < -0.3 is 14.9 Å². The summed E-state index contributed by atoms with van der Waals surface area (Å²) in [5.74, 6) is -4.28. The van der Waals surface area contributed by atoms with Crippen molar-refractivity contribution in [1.29, 1.82) is 0 Å². The number of para-hydroxylation sites is 2. The lowest BCUT2D eigenvalue weighted by atomic mass is 9.77. The molecule has 162 valence electrons. The molecule has 0 saturated carbocycles.